The van der Waals surface area contributed by atoms with Gasteiger partial charge in [-0.15, -0.1) is 12.4 Å². The molecule has 0 bridgehead atoms. The first-order valence-electron chi connectivity index (χ1n) is 9.03. The molecule has 1 N–H and O–H groups in total. The van der Waals surface area contributed by atoms with E-state index in [0.29, 0.717) is 12.6 Å². The normalized spacial score (nSPS) is 24.2. The number of rotatable bonds is 4. The molecule has 0 radical (unpaired) electrons. The van der Waals surface area contributed by atoms with Crippen LogP contribution in [0.5, 0.6) is 0 Å². The first-order valence-corrected chi connectivity index (χ1v) is 9.03. The topological polar surface area (TPSA) is 41.6 Å². The summed E-state index contributed by atoms with van der Waals surface area (Å²) in [6.07, 6.45) is 5.43. The molecule has 4 rings (SSSR count). The second-order valence-electron chi connectivity index (χ2n) is 7.15. The lowest BCUT2D eigenvalue weighted by Crippen LogP contribution is -2.47. The molecule has 1 aliphatic carbocycles. The van der Waals surface area contributed by atoms with Crippen LogP contribution in [-0.4, -0.2) is 43.1 Å². The van der Waals surface area contributed by atoms with Crippen molar-refractivity contribution >= 4 is 18.3 Å². The fraction of sp³-hybridized carbons (Fsp3) is 0.632. The number of amides is 1. The van der Waals surface area contributed by atoms with E-state index in [-0.39, 0.29) is 18.3 Å². The molecule has 5 heteroatoms. The van der Waals surface area contributed by atoms with E-state index in [1.807, 2.05) is 23.1 Å². The van der Waals surface area contributed by atoms with Crippen molar-refractivity contribution in [2.24, 2.45) is 5.92 Å². The molecular weight excluding hydrogens is 324 g/mol. The van der Waals surface area contributed by atoms with E-state index < -0.39 is 6.10 Å². The second-order valence-corrected chi connectivity index (χ2v) is 7.15. The van der Waals surface area contributed by atoms with Crippen LogP contribution in [0.2, 0.25) is 0 Å². The Balaban J connectivity index is 0.00000169. The molecule has 1 atom stereocenters. The largest absolute Gasteiger partial charge is 0.363 e. The number of fused-ring (bicyclic) bond motifs is 1. The van der Waals surface area contributed by atoms with Crippen molar-refractivity contribution in [1.29, 1.82) is 0 Å². The van der Waals surface area contributed by atoms with Crippen LogP contribution in [0.4, 0.5) is 0 Å². The van der Waals surface area contributed by atoms with E-state index in [1.54, 1.807) is 0 Å². The molecule has 0 aromatic heterocycles. The van der Waals surface area contributed by atoms with E-state index in [1.165, 1.54) is 18.4 Å². The average molecular weight is 351 g/mol. The lowest BCUT2D eigenvalue weighted by atomic mass is 9.96. The Morgan fingerprint density at radius 2 is 1.92 bits per heavy atom. The van der Waals surface area contributed by atoms with Gasteiger partial charge in [0.25, 0.3) is 5.91 Å². The molecule has 0 spiro atoms. The summed E-state index contributed by atoms with van der Waals surface area (Å²) < 4.78 is 5.83. The van der Waals surface area contributed by atoms with Crippen molar-refractivity contribution < 1.29 is 9.53 Å². The van der Waals surface area contributed by atoms with Crippen LogP contribution in [0.15, 0.2) is 24.3 Å². The fourth-order valence-electron chi connectivity index (χ4n) is 3.72. The zero-order chi connectivity index (χ0) is 15.6. The minimum Gasteiger partial charge on any atom is -0.363 e. The molecule has 4 nitrogen and oxygen atoms in total. The van der Waals surface area contributed by atoms with Gasteiger partial charge in [-0.05, 0) is 55.7 Å². The Bertz CT molecular complexity index is 568. The Morgan fingerprint density at radius 3 is 2.67 bits per heavy atom. The number of carbonyl (C=O) groups is 1. The molecule has 2 aliphatic heterocycles. The van der Waals surface area contributed by atoms with Crippen molar-refractivity contribution in [2.45, 2.75) is 44.2 Å². The Labute approximate surface area is 150 Å². The van der Waals surface area contributed by atoms with Crippen LogP contribution >= 0.6 is 12.4 Å². The maximum absolute atomic E-state index is 12.9. The highest BCUT2D eigenvalue weighted by molar-refractivity contribution is 5.85. The van der Waals surface area contributed by atoms with Gasteiger partial charge in [-0.25, -0.2) is 0 Å². The predicted octanol–water partition coefficient (Wildman–Crippen LogP) is 2.71. The van der Waals surface area contributed by atoms with Gasteiger partial charge >= 0.3 is 0 Å². The Hall–Kier alpha value is -1.10. The molecule has 1 saturated heterocycles. The first kappa shape index (κ1) is 17.7. The molecule has 1 amide bonds. The van der Waals surface area contributed by atoms with Crippen LogP contribution < -0.4 is 5.32 Å². The Kier molecular flexibility index (Phi) is 5.80. The monoisotopic (exact) mass is 350 g/mol. The number of ether oxygens (including phenoxy) is 1. The SMILES string of the molecule is Cl.O=C(C1OCCc2ccccc21)N1CCC(NCC2CC2)CC1. The standard InChI is InChI=1S/C19H26N2O2.ClH/c22-19(18-17-4-2-1-3-15(17)9-12-23-18)21-10-7-16(8-11-21)20-13-14-5-6-14;/h1-4,14,16,18,20H,5-13H2;1H. The number of nitrogens with one attached hydrogen (secondary N) is 1. The van der Waals surface area contributed by atoms with Crippen molar-refractivity contribution in [3.05, 3.63) is 35.4 Å². The third-order valence-corrected chi connectivity index (χ3v) is 5.42. The maximum Gasteiger partial charge on any atom is 0.256 e. The van der Waals surface area contributed by atoms with E-state index in [9.17, 15) is 4.79 Å². The highest BCUT2D eigenvalue weighted by Crippen LogP contribution is 2.30. The summed E-state index contributed by atoms with van der Waals surface area (Å²) in [5, 5.41) is 3.67. The Morgan fingerprint density at radius 1 is 1.17 bits per heavy atom. The summed E-state index contributed by atoms with van der Waals surface area (Å²) in [6, 6.07) is 8.79. The van der Waals surface area contributed by atoms with Crippen LogP contribution in [0.25, 0.3) is 0 Å². The lowest BCUT2D eigenvalue weighted by Gasteiger charge is -2.36. The van der Waals surface area contributed by atoms with E-state index in [2.05, 4.69) is 11.4 Å². The van der Waals surface area contributed by atoms with Crippen molar-refractivity contribution in [3.8, 4) is 0 Å². The molecule has 3 aliphatic rings. The minimum atomic E-state index is -0.393. The number of likely N-dealkylation sites (tertiary alicyclic amines) is 1. The van der Waals surface area contributed by atoms with E-state index in [0.717, 1.165) is 50.4 Å². The van der Waals surface area contributed by atoms with Crippen molar-refractivity contribution in [3.63, 3.8) is 0 Å². The third kappa shape index (κ3) is 3.93. The molecule has 24 heavy (non-hydrogen) atoms. The summed E-state index contributed by atoms with van der Waals surface area (Å²) in [5.41, 5.74) is 2.33. The molecular formula is C19H27ClN2O2. The quantitative estimate of drug-likeness (QED) is 0.907. The van der Waals surface area contributed by atoms with Crippen molar-refractivity contribution in [1.82, 2.24) is 10.2 Å². The number of halogens is 1. The molecule has 132 valence electrons. The van der Waals surface area contributed by atoms with E-state index in [4.69, 9.17) is 4.74 Å². The van der Waals surface area contributed by atoms with Gasteiger partial charge in [-0.3, -0.25) is 4.79 Å². The number of hydrogen-bond acceptors (Lipinski definition) is 3. The summed E-state index contributed by atoms with van der Waals surface area (Å²) in [7, 11) is 0. The summed E-state index contributed by atoms with van der Waals surface area (Å²) in [4.78, 5) is 14.9. The average Bonchev–Trinajstić information content (AvgIpc) is 3.44. The number of hydrogen-bond donors (Lipinski definition) is 1. The predicted molar refractivity (Wildman–Crippen MR) is 96.4 cm³/mol. The number of piperidine rings is 1. The van der Waals surface area contributed by atoms with Crippen molar-refractivity contribution in [2.75, 3.05) is 26.2 Å². The lowest BCUT2D eigenvalue weighted by molar-refractivity contribution is -0.146. The molecule has 1 aromatic carbocycles. The van der Waals surface area contributed by atoms with Gasteiger partial charge in [-0.1, -0.05) is 24.3 Å². The van der Waals surface area contributed by atoms with Crippen LogP contribution in [0, 0.1) is 5.92 Å². The van der Waals surface area contributed by atoms with Gasteiger partial charge in [0.1, 0.15) is 0 Å². The number of benzene rings is 1. The van der Waals surface area contributed by atoms with Crippen LogP contribution in [0.3, 0.4) is 0 Å². The zero-order valence-corrected chi connectivity index (χ0v) is 14.9. The zero-order valence-electron chi connectivity index (χ0n) is 14.1. The summed E-state index contributed by atoms with van der Waals surface area (Å²) >= 11 is 0. The first-order chi connectivity index (χ1) is 11.3. The summed E-state index contributed by atoms with van der Waals surface area (Å²) in [5.74, 6) is 1.07. The number of nitrogens with zero attached hydrogens (tertiary/aromatic N) is 1. The van der Waals surface area contributed by atoms with E-state index >= 15 is 0 Å². The maximum atomic E-state index is 12.9. The highest BCUT2D eigenvalue weighted by atomic mass is 35.5. The highest BCUT2D eigenvalue weighted by Gasteiger charge is 2.33. The van der Waals surface area contributed by atoms with Gasteiger partial charge in [0, 0.05) is 19.1 Å². The van der Waals surface area contributed by atoms with Gasteiger partial charge in [0.2, 0.25) is 0 Å². The molecule has 1 saturated carbocycles. The smallest absolute Gasteiger partial charge is 0.256 e. The third-order valence-electron chi connectivity index (χ3n) is 5.42. The minimum absolute atomic E-state index is 0. The molecule has 1 unspecified atom stereocenters. The fourth-order valence-corrected chi connectivity index (χ4v) is 3.72. The second kappa shape index (κ2) is 7.85. The van der Waals surface area contributed by atoms with Gasteiger partial charge in [0.05, 0.1) is 6.61 Å². The summed E-state index contributed by atoms with van der Waals surface area (Å²) in [6.45, 7) is 3.51. The van der Waals surface area contributed by atoms with Gasteiger partial charge < -0.3 is 15.0 Å². The molecule has 2 heterocycles. The van der Waals surface area contributed by atoms with Crippen LogP contribution in [0.1, 0.15) is 42.9 Å². The number of carbonyl (C=O) groups excluding carboxylic acids is 1. The molecule has 2 fully saturated rings. The van der Waals surface area contributed by atoms with Gasteiger partial charge in [-0.2, -0.15) is 0 Å². The molecule has 1 aromatic rings. The van der Waals surface area contributed by atoms with Crippen LogP contribution in [-0.2, 0) is 16.0 Å². The van der Waals surface area contributed by atoms with Gasteiger partial charge in [0.15, 0.2) is 6.10 Å².